The van der Waals surface area contributed by atoms with Gasteiger partial charge in [0.05, 0.1) is 0 Å². The molecule has 0 amide bonds. The molecule has 3 heteroatoms. The van der Waals surface area contributed by atoms with E-state index in [4.69, 9.17) is 15.0 Å². The molecule has 9 rings (SSSR count). The zero-order valence-corrected chi connectivity index (χ0v) is 27.4. The summed E-state index contributed by atoms with van der Waals surface area (Å²) >= 11 is 0. The Kier molecular flexibility index (Phi) is 6.52. The summed E-state index contributed by atoms with van der Waals surface area (Å²) in [6.45, 7) is 7.15. The summed E-state index contributed by atoms with van der Waals surface area (Å²) in [6.07, 6.45) is 0.939. The van der Waals surface area contributed by atoms with Crippen LogP contribution in [0.4, 0.5) is 0 Å². The van der Waals surface area contributed by atoms with Crippen LogP contribution in [0.1, 0.15) is 43.0 Å². The van der Waals surface area contributed by atoms with Crippen molar-refractivity contribution >= 4 is 0 Å². The minimum Gasteiger partial charge on any atom is -0.208 e. The first-order valence-electron chi connectivity index (χ1n) is 16.9. The van der Waals surface area contributed by atoms with Crippen LogP contribution in [0.2, 0.25) is 0 Å². The topological polar surface area (TPSA) is 38.7 Å². The zero-order valence-electron chi connectivity index (χ0n) is 27.4. The van der Waals surface area contributed by atoms with Gasteiger partial charge in [0.2, 0.25) is 0 Å². The minimum atomic E-state index is 0.00414. The molecule has 0 saturated carbocycles. The van der Waals surface area contributed by atoms with Crippen LogP contribution in [0, 0.1) is 5.92 Å². The Bertz CT molecular complexity index is 2280. The second-order valence-corrected chi connectivity index (χ2v) is 13.6. The molecule has 1 atom stereocenters. The molecule has 48 heavy (non-hydrogen) atoms. The first-order chi connectivity index (χ1) is 23.5. The molecule has 1 heterocycles. The van der Waals surface area contributed by atoms with E-state index in [1.807, 2.05) is 60.7 Å². The van der Waals surface area contributed by atoms with Crippen molar-refractivity contribution in [2.24, 2.45) is 5.92 Å². The van der Waals surface area contributed by atoms with E-state index in [0.29, 0.717) is 23.4 Å². The predicted molar refractivity (Wildman–Crippen MR) is 197 cm³/mol. The third kappa shape index (κ3) is 4.38. The average Bonchev–Trinajstić information content (AvgIpc) is 3.64. The maximum Gasteiger partial charge on any atom is 0.164 e. The van der Waals surface area contributed by atoms with Crippen LogP contribution in [-0.4, -0.2) is 15.0 Å². The Morgan fingerprint density at radius 3 is 1.60 bits per heavy atom. The second kappa shape index (κ2) is 11.0. The SMILES string of the molecule is CC(C)C1(C)c2ccccc2-c2cc3c(cc21)Cc1c(-c2ccc(-c4nc(-c5ccccc5)nc(-c5ccccc5)n4)cc2)cccc1-3. The van der Waals surface area contributed by atoms with Crippen LogP contribution < -0.4 is 0 Å². The summed E-state index contributed by atoms with van der Waals surface area (Å²) in [4.78, 5) is 14.7. The molecule has 6 aromatic carbocycles. The van der Waals surface area contributed by atoms with E-state index in [2.05, 4.69) is 99.6 Å². The molecule has 0 radical (unpaired) electrons. The molecule has 0 fully saturated rings. The van der Waals surface area contributed by atoms with E-state index in [1.54, 1.807) is 0 Å². The lowest BCUT2D eigenvalue weighted by atomic mass is 9.71. The molecule has 3 nitrogen and oxygen atoms in total. The predicted octanol–water partition coefficient (Wildman–Crippen LogP) is 11.1. The third-order valence-electron chi connectivity index (χ3n) is 10.7. The Labute approximate surface area is 282 Å². The fraction of sp³-hybridized carbons (Fsp3) is 0.133. The molecule has 0 saturated heterocycles. The lowest BCUT2D eigenvalue weighted by molar-refractivity contribution is 0.414. The monoisotopic (exact) mass is 617 g/mol. The van der Waals surface area contributed by atoms with Crippen LogP contribution in [0.15, 0.2) is 140 Å². The molecule has 2 aliphatic carbocycles. The van der Waals surface area contributed by atoms with Crippen LogP contribution in [0.3, 0.4) is 0 Å². The van der Waals surface area contributed by atoms with Gasteiger partial charge < -0.3 is 0 Å². The molecule has 1 aromatic heterocycles. The number of aromatic nitrogens is 3. The average molecular weight is 618 g/mol. The minimum absolute atomic E-state index is 0.00414. The first-order valence-corrected chi connectivity index (χ1v) is 16.9. The molecule has 230 valence electrons. The highest BCUT2D eigenvalue weighted by Gasteiger charge is 2.42. The van der Waals surface area contributed by atoms with Crippen molar-refractivity contribution < 1.29 is 0 Å². The van der Waals surface area contributed by atoms with Crippen molar-refractivity contribution in [1.29, 1.82) is 0 Å². The molecule has 1 unspecified atom stereocenters. The molecular formula is C45H35N3. The Hall–Kier alpha value is -5.67. The van der Waals surface area contributed by atoms with Crippen molar-refractivity contribution in [2.45, 2.75) is 32.6 Å². The van der Waals surface area contributed by atoms with Crippen LogP contribution in [0.25, 0.3) is 67.5 Å². The normalized spacial score (nSPS) is 15.6. The Morgan fingerprint density at radius 1 is 0.458 bits per heavy atom. The van der Waals surface area contributed by atoms with E-state index in [1.165, 1.54) is 55.6 Å². The van der Waals surface area contributed by atoms with Gasteiger partial charge in [0.15, 0.2) is 17.5 Å². The molecule has 2 aliphatic rings. The number of fused-ring (bicyclic) bond motifs is 6. The van der Waals surface area contributed by atoms with Gasteiger partial charge in [-0.3, -0.25) is 0 Å². The van der Waals surface area contributed by atoms with E-state index in [9.17, 15) is 0 Å². The number of benzene rings is 6. The number of hydrogen-bond donors (Lipinski definition) is 0. The van der Waals surface area contributed by atoms with Gasteiger partial charge in [-0.2, -0.15) is 0 Å². The van der Waals surface area contributed by atoms with Crippen molar-refractivity contribution in [3.8, 4) is 67.5 Å². The first kappa shape index (κ1) is 28.5. The third-order valence-corrected chi connectivity index (χ3v) is 10.7. The Morgan fingerprint density at radius 2 is 0.979 bits per heavy atom. The van der Waals surface area contributed by atoms with Gasteiger partial charge in [0.1, 0.15) is 0 Å². The molecule has 0 N–H and O–H groups in total. The Balaban J connectivity index is 1.10. The van der Waals surface area contributed by atoms with Gasteiger partial charge in [0.25, 0.3) is 0 Å². The van der Waals surface area contributed by atoms with Crippen molar-refractivity contribution in [2.75, 3.05) is 0 Å². The van der Waals surface area contributed by atoms with E-state index in [-0.39, 0.29) is 5.41 Å². The van der Waals surface area contributed by atoms with Crippen molar-refractivity contribution in [3.63, 3.8) is 0 Å². The maximum atomic E-state index is 4.93. The van der Waals surface area contributed by atoms with Crippen molar-refractivity contribution in [1.82, 2.24) is 15.0 Å². The highest BCUT2D eigenvalue weighted by molar-refractivity contribution is 5.91. The standard InChI is InChI=1S/C45H35N3/c1-28(2)45(3)40-20-11-10-17-36(40)39-27-37-33(26-41(39)45)25-38-34(18-12-19-35(37)38)29-21-23-32(24-22-29)44-47-42(30-13-6-4-7-14-30)46-43(48-44)31-15-8-5-9-16-31/h4-24,26-28H,25H2,1-3H3. The molecular weight excluding hydrogens is 583 g/mol. The number of hydrogen-bond acceptors (Lipinski definition) is 3. The van der Waals surface area contributed by atoms with E-state index >= 15 is 0 Å². The van der Waals surface area contributed by atoms with E-state index in [0.717, 1.165) is 23.1 Å². The maximum absolute atomic E-state index is 4.93. The van der Waals surface area contributed by atoms with E-state index < -0.39 is 0 Å². The lowest BCUT2D eigenvalue weighted by Crippen LogP contribution is -2.27. The molecule has 7 aromatic rings. The van der Waals surface area contributed by atoms with Gasteiger partial charge in [-0.15, -0.1) is 0 Å². The second-order valence-electron chi connectivity index (χ2n) is 13.6. The van der Waals surface area contributed by atoms with Gasteiger partial charge in [-0.1, -0.05) is 154 Å². The fourth-order valence-corrected chi connectivity index (χ4v) is 7.86. The number of nitrogens with zero attached hydrogens (tertiary/aromatic N) is 3. The summed E-state index contributed by atoms with van der Waals surface area (Å²) in [5.41, 5.74) is 16.7. The highest BCUT2D eigenvalue weighted by Crippen LogP contribution is 2.55. The summed E-state index contributed by atoms with van der Waals surface area (Å²) < 4.78 is 0. The smallest absolute Gasteiger partial charge is 0.164 e. The highest BCUT2D eigenvalue weighted by atomic mass is 15.0. The summed E-state index contributed by atoms with van der Waals surface area (Å²) in [7, 11) is 0. The van der Waals surface area contributed by atoms with Gasteiger partial charge >= 0.3 is 0 Å². The molecule has 0 aliphatic heterocycles. The van der Waals surface area contributed by atoms with Gasteiger partial charge in [-0.25, -0.2) is 15.0 Å². The quantitative estimate of drug-likeness (QED) is 0.193. The lowest BCUT2D eigenvalue weighted by Gasteiger charge is -2.32. The largest absolute Gasteiger partial charge is 0.208 e. The van der Waals surface area contributed by atoms with Crippen molar-refractivity contribution in [3.05, 3.63) is 162 Å². The fourth-order valence-electron chi connectivity index (χ4n) is 7.86. The number of rotatable bonds is 5. The zero-order chi connectivity index (χ0) is 32.4. The van der Waals surface area contributed by atoms with Crippen LogP contribution >= 0.6 is 0 Å². The molecule has 0 spiro atoms. The molecule has 0 bridgehead atoms. The van der Waals surface area contributed by atoms with Crippen LogP contribution in [0.5, 0.6) is 0 Å². The summed E-state index contributed by atoms with van der Waals surface area (Å²) in [6, 6.07) is 49.8. The summed E-state index contributed by atoms with van der Waals surface area (Å²) in [5.74, 6) is 2.51. The summed E-state index contributed by atoms with van der Waals surface area (Å²) in [5, 5.41) is 0. The van der Waals surface area contributed by atoms with Gasteiger partial charge in [-0.05, 0) is 74.0 Å². The van der Waals surface area contributed by atoms with Crippen LogP contribution in [-0.2, 0) is 11.8 Å². The van der Waals surface area contributed by atoms with Gasteiger partial charge in [0, 0.05) is 22.1 Å².